The van der Waals surface area contributed by atoms with E-state index >= 15 is 0 Å². The summed E-state index contributed by atoms with van der Waals surface area (Å²) < 4.78 is 10.9. The van der Waals surface area contributed by atoms with Gasteiger partial charge in [-0.2, -0.15) is 0 Å². The average Bonchev–Trinajstić information content (AvgIpc) is 3.49. The number of aliphatic hydroxyl groups is 1. The molecule has 0 fully saturated rings. The van der Waals surface area contributed by atoms with Crippen LogP contribution in [-0.2, 0) is 10.2 Å². The van der Waals surface area contributed by atoms with Gasteiger partial charge in [0.15, 0.2) is 17.3 Å². The molecule has 2 aromatic carbocycles. The molecule has 0 unspecified atom stereocenters. The fraction of sp³-hybridized carbons (Fsp3) is 0.222. The van der Waals surface area contributed by atoms with Gasteiger partial charge in [0.1, 0.15) is 11.3 Å². The van der Waals surface area contributed by atoms with Crippen LogP contribution in [-0.4, -0.2) is 22.0 Å². The molecule has 1 aliphatic rings. The highest BCUT2D eigenvalue weighted by molar-refractivity contribution is 6.20. The molecule has 0 saturated carbocycles. The topological polar surface area (TPSA) is 96.8 Å². The monoisotopic (exact) mass is 456 g/mol. The van der Waals surface area contributed by atoms with E-state index in [0.29, 0.717) is 16.9 Å². The number of hydrogen-bond acceptors (Lipinski definition) is 6. The van der Waals surface area contributed by atoms with Crippen LogP contribution in [0.15, 0.2) is 80.9 Å². The standard InChI is InChI=1S/C27H24N2O5/c1-15-13-21(28-34-15)29-23(16-9-11-18(12-10-16)27(2,3)4)22(25(31)26(29)32)24(30)20-14-17-7-5-6-8-19(17)33-20/h5-14,23,31H,1-4H3/t23-/m0/s1. The number of aliphatic hydroxyl groups excluding tert-OH is 1. The van der Waals surface area contributed by atoms with Gasteiger partial charge in [0.05, 0.1) is 11.6 Å². The molecule has 0 spiro atoms. The Morgan fingerprint density at radius 3 is 2.38 bits per heavy atom. The first kappa shape index (κ1) is 21.7. The molecule has 7 heteroatoms. The van der Waals surface area contributed by atoms with Gasteiger partial charge < -0.3 is 14.0 Å². The minimum atomic E-state index is -0.897. The van der Waals surface area contributed by atoms with Crippen molar-refractivity contribution < 1.29 is 23.6 Å². The Morgan fingerprint density at radius 2 is 1.76 bits per heavy atom. The van der Waals surface area contributed by atoms with Gasteiger partial charge in [-0.25, -0.2) is 0 Å². The lowest BCUT2D eigenvalue weighted by Gasteiger charge is -2.25. The molecule has 1 aliphatic heterocycles. The SMILES string of the molecule is Cc1cc(N2C(=O)C(O)=C(C(=O)c3cc4ccccc4o3)[C@@H]2c2ccc(C(C)(C)C)cc2)no1. The molecule has 2 aromatic heterocycles. The van der Waals surface area contributed by atoms with Crippen molar-refractivity contribution in [3.05, 3.63) is 94.6 Å². The number of Topliss-reactive ketones (excluding diaryl/α,β-unsaturated/α-hetero) is 1. The van der Waals surface area contributed by atoms with Crippen molar-refractivity contribution in [2.75, 3.05) is 4.90 Å². The molecule has 1 atom stereocenters. The zero-order chi connectivity index (χ0) is 24.2. The third-order valence-corrected chi connectivity index (χ3v) is 6.06. The second-order valence-corrected chi connectivity index (χ2v) is 9.49. The number of aryl methyl sites for hydroxylation is 1. The number of furan rings is 1. The zero-order valence-corrected chi connectivity index (χ0v) is 19.3. The number of nitrogens with zero attached hydrogens (tertiary/aromatic N) is 2. The second-order valence-electron chi connectivity index (χ2n) is 9.49. The first-order chi connectivity index (χ1) is 16.1. The predicted molar refractivity (Wildman–Crippen MR) is 127 cm³/mol. The Morgan fingerprint density at radius 1 is 1.06 bits per heavy atom. The molecule has 4 aromatic rings. The molecule has 7 nitrogen and oxygen atoms in total. The number of rotatable bonds is 4. The number of ketones is 1. The first-order valence-electron chi connectivity index (χ1n) is 11.0. The molecule has 0 aliphatic carbocycles. The van der Waals surface area contributed by atoms with Gasteiger partial charge in [0, 0.05) is 11.5 Å². The largest absolute Gasteiger partial charge is 0.503 e. The Hall–Kier alpha value is -4.13. The molecule has 0 radical (unpaired) electrons. The van der Waals surface area contributed by atoms with Crippen molar-refractivity contribution in [3.63, 3.8) is 0 Å². The fourth-order valence-electron chi connectivity index (χ4n) is 4.25. The Bertz CT molecular complexity index is 1420. The van der Waals surface area contributed by atoms with E-state index in [1.807, 2.05) is 42.5 Å². The van der Waals surface area contributed by atoms with Crippen LogP contribution < -0.4 is 4.90 Å². The highest BCUT2D eigenvalue weighted by atomic mass is 16.5. The summed E-state index contributed by atoms with van der Waals surface area (Å²) in [6.45, 7) is 8.02. The van der Waals surface area contributed by atoms with E-state index < -0.39 is 23.5 Å². The van der Waals surface area contributed by atoms with E-state index in [1.54, 1.807) is 25.1 Å². The number of fused-ring (bicyclic) bond motifs is 1. The van der Waals surface area contributed by atoms with Gasteiger partial charge in [-0.05, 0) is 35.6 Å². The number of benzene rings is 2. The summed E-state index contributed by atoms with van der Waals surface area (Å²) in [5.41, 5.74) is 2.17. The molecule has 0 bridgehead atoms. The van der Waals surface area contributed by atoms with Crippen LogP contribution in [0.4, 0.5) is 5.82 Å². The van der Waals surface area contributed by atoms with Gasteiger partial charge in [-0.15, -0.1) is 0 Å². The Kier molecular flexibility index (Phi) is 4.93. The number of anilines is 1. The van der Waals surface area contributed by atoms with Crippen molar-refractivity contribution in [1.29, 1.82) is 0 Å². The van der Waals surface area contributed by atoms with Crippen LogP contribution in [0.1, 0.15) is 54.3 Å². The first-order valence-corrected chi connectivity index (χ1v) is 11.0. The van der Waals surface area contributed by atoms with Crippen molar-refractivity contribution in [3.8, 4) is 0 Å². The molecule has 5 rings (SSSR count). The minimum Gasteiger partial charge on any atom is -0.503 e. The van der Waals surface area contributed by atoms with Crippen LogP contribution in [0.2, 0.25) is 0 Å². The smallest absolute Gasteiger partial charge is 0.295 e. The second kappa shape index (κ2) is 7.73. The molecular formula is C27H24N2O5. The molecule has 1 N–H and O–H groups in total. The number of amides is 1. The summed E-state index contributed by atoms with van der Waals surface area (Å²) in [5, 5.41) is 15.6. The quantitative estimate of drug-likeness (QED) is 0.389. The normalized spacial score (nSPS) is 16.6. The van der Waals surface area contributed by atoms with Crippen molar-refractivity contribution in [1.82, 2.24) is 5.16 Å². The number of carbonyl (C=O) groups is 2. The van der Waals surface area contributed by atoms with Crippen LogP contribution in [0.25, 0.3) is 11.0 Å². The Labute approximate surface area is 196 Å². The van der Waals surface area contributed by atoms with Gasteiger partial charge in [-0.1, -0.05) is 68.4 Å². The van der Waals surface area contributed by atoms with Gasteiger partial charge in [-0.3, -0.25) is 14.5 Å². The van der Waals surface area contributed by atoms with E-state index in [0.717, 1.165) is 10.9 Å². The summed E-state index contributed by atoms with van der Waals surface area (Å²) in [5.74, 6) is -1.15. The lowest BCUT2D eigenvalue weighted by molar-refractivity contribution is -0.117. The number of aromatic nitrogens is 1. The van der Waals surface area contributed by atoms with Crippen molar-refractivity contribution in [2.45, 2.75) is 39.2 Å². The maximum absolute atomic E-state index is 13.6. The van der Waals surface area contributed by atoms with Gasteiger partial charge in [0.2, 0.25) is 5.78 Å². The summed E-state index contributed by atoms with van der Waals surface area (Å²) in [4.78, 5) is 28.1. The lowest BCUT2D eigenvalue weighted by Crippen LogP contribution is -2.31. The molecule has 1 amide bonds. The summed E-state index contributed by atoms with van der Waals surface area (Å²) >= 11 is 0. The van der Waals surface area contributed by atoms with E-state index in [4.69, 9.17) is 8.94 Å². The molecule has 3 heterocycles. The van der Waals surface area contributed by atoms with Gasteiger partial charge in [0.25, 0.3) is 5.91 Å². The van der Waals surface area contributed by atoms with Crippen LogP contribution in [0, 0.1) is 6.92 Å². The van der Waals surface area contributed by atoms with Crippen molar-refractivity contribution in [2.24, 2.45) is 0 Å². The lowest BCUT2D eigenvalue weighted by atomic mass is 9.85. The summed E-state index contributed by atoms with van der Waals surface area (Å²) in [7, 11) is 0. The Balaban J connectivity index is 1.64. The molecule has 0 saturated heterocycles. The number of carbonyl (C=O) groups excluding carboxylic acids is 2. The van der Waals surface area contributed by atoms with E-state index in [9.17, 15) is 14.7 Å². The van der Waals surface area contributed by atoms with E-state index in [2.05, 4.69) is 25.9 Å². The van der Waals surface area contributed by atoms with Crippen LogP contribution in [0.5, 0.6) is 0 Å². The number of para-hydroxylation sites is 1. The average molecular weight is 456 g/mol. The molecular weight excluding hydrogens is 432 g/mol. The summed E-state index contributed by atoms with van der Waals surface area (Å²) in [6.07, 6.45) is 0. The van der Waals surface area contributed by atoms with Crippen LogP contribution in [0.3, 0.4) is 0 Å². The van der Waals surface area contributed by atoms with Crippen molar-refractivity contribution >= 4 is 28.5 Å². The summed E-state index contributed by atoms with van der Waals surface area (Å²) in [6, 6.07) is 17.2. The predicted octanol–water partition coefficient (Wildman–Crippen LogP) is 5.81. The molecule has 172 valence electrons. The maximum atomic E-state index is 13.6. The zero-order valence-electron chi connectivity index (χ0n) is 19.3. The third-order valence-electron chi connectivity index (χ3n) is 6.06. The van der Waals surface area contributed by atoms with Crippen LogP contribution >= 0.6 is 0 Å². The van der Waals surface area contributed by atoms with E-state index in [-0.39, 0.29) is 22.6 Å². The van der Waals surface area contributed by atoms with Gasteiger partial charge >= 0.3 is 0 Å². The maximum Gasteiger partial charge on any atom is 0.295 e. The minimum absolute atomic E-state index is 0.0463. The number of hydrogen-bond donors (Lipinski definition) is 1. The highest BCUT2D eigenvalue weighted by Crippen LogP contribution is 2.42. The fourth-order valence-corrected chi connectivity index (χ4v) is 4.25. The highest BCUT2D eigenvalue weighted by Gasteiger charge is 2.46. The van der Waals surface area contributed by atoms with E-state index in [1.165, 1.54) is 4.90 Å². The third kappa shape index (κ3) is 3.50. The molecule has 34 heavy (non-hydrogen) atoms.